The van der Waals surface area contributed by atoms with Crippen LogP contribution in [0.3, 0.4) is 0 Å². The zero-order chi connectivity index (χ0) is 20.6. The predicted octanol–water partition coefficient (Wildman–Crippen LogP) is 6.52. The molecule has 0 radical (unpaired) electrons. The van der Waals surface area contributed by atoms with Crippen LogP contribution in [0.4, 0.5) is 20.6 Å². The van der Waals surface area contributed by atoms with E-state index in [4.69, 9.17) is 0 Å². The minimum absolute atomic E-state index is 0.00128. The van der Waals surface area contributed by atoms with Gasteiger partial charge in [0, 0.05) is 35.6 Å². The Kier molecular flexibility index (Phi) is 5.60. The van der Waals surface area contributed by atoms with Crippen LogP contribution in [0.15, 0.2) is 36.4 Å². The number of nitrogens with one attached hydrogen (secondary N) is 1. The molecule has 2 aromatic rings. The van der Waals surface area contributed by atoms with Crippen molar-refractivity contribution in [2.24, 2.45) is 0 Å². The second-order valence-corrected chi connectivity index (χ2v) is 9.56. The number of halogens is 1. The quantitative estimate of drug-likeness (QED) is 0.620. The van der Waals surface area contributed by atoms with Gasteiger partial charge in [0.2, 0.25) is 0 Å². The smallest absolute Gasteiger partial charge is 0.283 e. The Labute approximate surface area is 177 Å². The fourth-order valence-corrected chi connectivity index (χ4v) is 5.26. The van der Waals surface area contributed by atoms with Crippen LogP contribution in [-0.4, -0.2) is 24.1 Å². The molecule has 0 bridgehead atoms. The van der Waals surface area contributed by atoms with Crippen LogP contribution in [-0.2, 0) is 5.41 Å². The second kappa shape index (κ2) is 8.02. The van der Waals surface area contributed by atoms with E-state index in [1.165, 1.54) is 28.6 Å². The Hall–Kier alpha value is -2.01. The lowest BCUT2D eigenvalue weighted by Crippen LogP contribution is -2.43. The Morgan fingerprint density at radius 3 is 2.76 bits per heavy atom. The van der Waals surface area contributed by atoms with Gasteiger partial charge in [0.15, 0.2) is 0 Å². The highest BCUT2D eigenvalue weighted by molar-refractivity contribution is 8.13. The van der Waals surface area contributed by atoms with Crippen LogP contribution in [0.5, 0.6) is 0 Å². The zero-order valence-electron chi connectivity index (χ0n) is 17.4. The minimum atomic E-state index is -0.209. The summed E-state index contributed by atoms with van der Waals surface area (Å²) in [5.41, 5.74) is 5.68. The second-order valence-electron chi connectivity index (χ2n) is 8.49. The van der Waals surface area contributed by atoms with Gasteiger partial charge in [-0.05, 0) is 66.1 Å². The third kappa shape index (κ3) is 3.77. The van der Waals surface area contributed by atoms with Gasteiger partial charge in [-0.15, -0.1) is 0 Å². The molecule has 0 saturated carbocycles. The molecule has 154 valence electrons. The number of carbonyl (C=O) groups is 1. The van der Waals surface area contributed by atoms with Gasteiger partial charge in [-0.25, -0.2) is 4.39 Å². The number of thioether (sulfide) groups is 1. The van der Waals surface area contributed by atoms with E-state index >= 15 is 0 Å². The Morgan fingerprint density at radius 1 is 1.28 bits per heavy atom. The zero-order valence-corrected chi connectivity index (χ0v) is 18.2. The monoisotopic (exact) mass is 412 g/mol. The molecule has 2 aliphatic rings. The van der Waals surface area contributed by atoms with E-state index in [1.807, 2.05) is 12.1 Å². The van der Waals surface area contributed by atoms with Crippen molar-refractivity contribution in [3.63, 3.8) is 0 Å². The summed E-state index contributed by atoms with van der Waals surface area (Å²) in [6, 6.07) is 11.2. The highest BCUT2D eigenvalue weighted by Crippen LogP contribution is 2.50. The van der Waals surface area contributed by atoms with E-state index in [2.05, 4.69) is 43.1 Å². The van der Waals surface area contributed by atoms with Gasteiger partial charge < -0.3 is 10.2 Å². The molecule has 0 spiro atoms. The normalized spacial score (nSPS) is 22.9. The number of rotatable bonds is 4. The van der Waals surface area contributed by atoms with Crippen LogP contribution in [0.2, 0.25) is 0 Å². The number of amides is 1. The summed E-state index contributed by atoms with van der Waals surface area (Å²) < 4.78 is 13.6. The molecule has 2 heterocycles. The number of carbonyl (C=O) groups excluding carboxylic acids is 1. The molecule has 1 amide bonds. The largest absolute Gasteiger partial charge is 0.371 e. The van der Waals surface area contributed by atoms with Gasteiger partial charge in [0.25, 0.3) is 5.24 Å². The lowest BCUT2D eigenvalue weighted by molar-refractivity contribution is 0.269. The van der Waals surface area contributed by atoms with Crippen LogP contribution in [0, 0.1) is 5.82 Å². The van der Waals surface area contributed by atoms with Gasteiger partial charge in [0.05, 0.1) is 0 Å². The maximum absolute atomic E-state index is 13.6. The van der Waals surface area contributed by atoms with E-state index in [1.54, 1.807) is 12.1 Å². The number of anilines is 2. The highest BCUT2D eigenvalue weighted by atomic mass is 32.2. The van der Waals surface area contributed by atoms with Crippen LogP contribution >= 0.6 is 11.8 Å². The molecule has 5 heteroatoms. The lowest BCUT2D eigenvalue weighted by atomic mass is 9.68. The Bertz CT molecular complexity index is 914. The SMILES string of the molecule is CCCSC(=O)Nc1cc2c3c(c1)C(C)(c1ccc(F)cc1)CCN3CCC2C. The summed E-state index contributed by atoms with van der Waals surface area (Å²) in [4.78, 5) is 14.9. The fraction of sp³-hybridized carbons (Fsp3) is 0.458. The molecule has 0 aliphatic carbocycles. The third-order valence-corrected chi connectivity index (χ3v) is 7.44. The van der Waals surface area contributed by atoms with Crippen molar-refractivity contribution in [1.29, 1.82) is 0 Å². The van der Waals surface area contributed by atoms with Crippen molar-refractivity contribution < 1.29 is 9.18 Å². The molecule has 2 aromatic carbocycles. The van der Waals surface area contributed by atoms with E-state index in [0.29, 0.717) is 5.92 Å². The van der Waals surface area contributed by atoms with Crippen molar-refractivity contribution in [2.45, 2.75) is 51.4 Å². The number of benzene rings is 2. The van der Waals surface area contributed by atoms with E-state index in [0.717, 1.165) is 49.4 Å². The number of hydrogen-bond acceptors (Lipinski definition) is 3. The molecule has 1 N–H and O–H groups in total. The van der Waals surface area contributed by atoms with Gasteiger partial charge in [-0.3, -0.25) is 4.79 Å². The molecule has 29 heavy (non-hydrogen) atoms. The standard InChI is InChI=1S/C24H29FN2OS/c1-4-13-29-23(28)26-19-14-20-16(2)9-11-27-12-10-24(3,21(15-19)22(20)27)17-5-7-18(25)8-6-17/h5-8,14-16H,4,9-13H2,1-3H3,(H,26,28). The minimum Gasteiger partial charge on any atom is -0.371 e. The fourth-order valence-electron chi connectivity index (χ4n) is 4.68. The van der Waals surface area contributed by atoms with Crippen LogP contribution in [0.25, 0.3) is 0 Å². The number of nitrogens with zero attached hydrogens (tertiary/aromatic N) is 1. The average Bonchev–Trinajstić information content (AvgIpc) is 2.71. The summed E-state index contributed by atoms with van der Waals surface area (Å²) in [6.07, 6.45) is 3.07. The molecular formula is C24H29FN2OS. The third-order valence-electron chi connectivity index (χ3n) is 6.46. The number of hydrogen-bond donors (Lipinski definition) is 1. The first-order valence-electron chi connectivity index (χ1n) is 10.6. The first kappa shape index (κ1) is 20.3. The van der Waals surface area contributed by atoms with Crippen molar-refractivity contribution >= 4 is 28.4 Å². The molecule has 3 nitrogen and oxygen atoms in total. The van der Waals surface area contributed by atoms with Gasteiger partial charge in [0.1, 0.15) is 5.82 Å². The Morgan fingerprint density at radius 2 is 2.03 bits per heavy atom. The topological polar surface area (TPSA) is 32.3 Å². The first-order valence-corrected chi connectivity index (χ1v) is 11.5. The van der Waals surface area contributed by atoms with Crippen molar-refractivity contribution in [3.05, 3.63) is 58.9 Å². The van der Waals surface area contributed by atoms with Crippen molar-refractivity contribution in [2.75, 3.05) is 29.1 Å². The van der Waals surface area contributed by atoms with Gasteiger partial charge >= 0.3 is 0 Å². The summed E-state index contributed by atoms with van der Waals surface area (Å²) in [5, 5.41) is 3.10. The summed E-state index contributed by atoms with van der Waals surface area (Å²) in [6.45, 7) is 8.67. The molecular weight excluding hydrogens is 383 g/mol. The molecule has 0 fully saturated rings. The highest BCUT2D eigenvalue weighted by Gasteiger charge is 2.40. The van der Waals surface area contributed by atoms with Crippen molar-refractivity contribution in [3.8, 4) is 0 Å². The first-order chi connectivity index (χ1) is 13.9. The average molecular weight is 413 g/mol. The van der Waals surface area contributed by atoms with Gasteiger partial charge in [-0.2, -0.15) is 0 Å². The maximum atomic E-state index is 13.6. The summed E-state index contributed by atoms with van der Waals surface area (Å²) >= 11 is 1.33. The maximum Gasteiger partial charge on any atom is 0.283 e. The van der Waals surface area contributed by atoms with Gasteiger partial charge in [-0.1, -0.05) is 44.7 Å². The molecule has 2 atom stereocenters. The molecule has 0 aromatic heterocycles. The summed E-state index contributed by atoms with van der Waals surface area (Å²) in [5.74, 6) is 1.07. The predicted molar refractivity (Wildman–Crippen MR) is 121 cm³/mol. The molecule has 2 unspecified atom stereocenters. The Balaban J connectivity index is 1.81. The van der Waals surface area contributed by atoms with Crippen molar-refractivity contribution in [1.82, 2.24) is 0 Å². The molecule has 4 rings (SSSR count). The van der Waals surface area contributed by atoms with Crippen LogP contribution in [0.1, 0.15) is 62.6 Å². The van der Waals surface area contributed by atoms with E-state index < -0.39 is 0 Å². The van der Waals surface area contributed by atoms with Crippen LogP contribution < -0.4 is 10.2 Å². The lowest BCUT2D eigenvalue weighted by Gasteiger charge is -2.47. The van der Waals surface area contributed by atoms with E-state index in [9.17, 15) is 9.18 Å². The molecule has 2 aliphatic heterocycles. The summed E-state index contributed by atoms with van der Waals surface area (Å²) in [7, 11) is 0. The van der Waals surface area contributed by atoms with E-state index in [-0.39, 0.29) is 16.5 Å². The molecule has 0 saturated heterocycles.